The summed E-state index contributed by atoms with van der Waals surface area (Å²) in [6.07, 6.45) is 2.17. The van der Waals surface area contributed by atoms with E-state index < -0.39 is 0 Å². The highest BCUT2D eigenvalue weighted by molar-refractivity contribution is 5.01. The second-order valence-corrected chi connectivity index (χ2v) is 2.26. The number of nitrogens with one attached hydrogen (secondary N) is 1. The van der Waals surface area contributed by atoms with Gasteiger partial charge in [-0.05, 0) is 13.3 Å². The third kappa shape index (κ3) is 5.15. The molecule has 0 saturated carbocycles. The third-order valence-electron chi connectivity index (χ3n) is 0.942. The maximum Gasteiger partial charge on any atom is 0.00752 e. The number of rotatable bonds is 4. The lowest BCUT2D eigenvalue weighted by Gasteiger charge is -2.05. The van der Waals surface area contributed by atoms with Crippen molar-refractivity contribution in [2.45, 2.75) is 26.7 Å². The molecule has 0 amide bonds. The van der Waals surface area contributed by atoms with Crippen LogP contribution < -0.4 is 5.32 Å². The van der Waals surface area contributed by atoms with E-state index in [4.69, 9.17) is 0 Å². The lowest BCUT2D eigenvalue weighted by molar-refractivity contribution is 0.820. The minimum atomic E-state index is 0.966. The first kappa shape index (κ1) is 8.28. The van der Waals surface area contributed by atoms with Crippen molar-refractivity contribution in [2.75, 3.05) is 0 Å². The summed E-state index contributed by atoms with van der Waals surface area (Å²) in [7, 11) is 0. The van der Waals surface area contributed by atoms with Gasteiger partial charge in [0.25, 0.3) is 0 Å². The lowest BCUT2D eigenvalue weighted by atomic mass is 10.3. The Morgan fingerprint density at radius 1 is 1.44 bits per heavy atom. The predicted molar refractivity (Wildman–Crippen MR) is 42.0 cm³/mol. The average molecular weight is 125 g/mol. The van der Waals surface area contributed by atoms with Crippen molar-refractivity contribution in [1.29, 1.82) is 0 Å². The molecular formula is C8H15N. The first-order valence-electron chi connectivity index (χ1n) is 3.27. The Morgan fingerprint density at radius 2 is 2.00 bits per heavy atom. The number of allylic oxidation sites excluding steroid dienone is 2. The summed E-state index contributed by atoms with van der Waals surface area (Å²) < 4.78 is 0. The van der Waals surface area contributed by atoms with Gasteiger partial charge in [-0.2, -0.15) is 0 Å². The second kappa shape index (κ2) is 4.19. The van der Waals surface area contributed by atoms with E-state index in [0.29, 0.717) is 0 Å². The second-order valence-electron chi connectivity index (χ2n) is 2.26. The molecule has 52 valence electrons. The van der Waals surface area contributed by atoms with Crippen LogP contribution in [-0.2, 0) is 0 Å². The van der Waals surface area contributed by atoms with Crippen molar-refractivity contribution in [3.63, 3.8) is 0 Å². The van der Waals surface area contributed by atoms with Gasteiger partial charge in [0.2, 0.25) is 0 Å². The first-order valence-corrected chi connectivity index (χ1v) is 3.27. The van der Waals surface area contributed by atoms with Crippen LogP contribution in [0.3, 0.4) is 0 Å². The molecule has 0 radical (unpaired) electrons. The summed E-state index contributed by atoms with van der Waals surface area (Å²) in [6.45, 7) is 11.6. The molecule has 0 aromatic rings. The summed E-state index contributed by atoms with van der Waals surface area (Å²) in [4.78, 5) is 0. The molecule has 0 aliphatic heterocycles. The quantitative estimate of drug-likeness (QED) is 0.608. The van der Waals surface area contributed by atoms with Gasteiger partial charge < -0.3 is 5.32 Å². The number of hydrogen-bond donors (Lipinski definition) is 1. The molecule has 0 bridgehead atoms. The van der Waals surface area contributed by atoms with Crippen LogP contribution >= 0.6 is 0 Å². The van der Waals surface area contributed by atoms with Gasteiger partial charge in [-0.15, -0.1) is 0 Å². The van der Waals surface area contributed by atoms with Crippen LogP contribution in [0.15, 0.2) is 24.6 Å². The fourth-order valence-corrected chi connectivity index (χ4v) is 0.666. The average Bonchev–Trinajstić information content (AvgIpc) is 1.63. The van der Waals surface area contributed by atoms with Gasteiger partial charge in [-0.25, -0.2) is 0 Å². The molecule has 1 N–H and O–H groups in total. The van der Waals surface area contributed by atoms with Crippen LogP contribution in [0.5, 0.6) is 0 Å². The molecule has 1 heteroatoms. The minimum absolute atomic E-state index is 0.966. The Labute approximate surface area is 57.5 Å². The van der Waals surface area contributed by atoms with Crippen LogP contribution in [0.25, 0.3) is 0 Å². The van der Waals surface area contributed by atoms with Crippen molar-refractivity contribution in [1.82, 2.24) is 5.32 Å². The van der Waals surface area contributed by atoms with Gasteiger partial charge >= 0.3 is 0 Å². The molecule has 0 unspecified atom stereocenters. The van der Waals surface area contributed by atoms with E-state index in [1.165, 1.54) is 0 Å². The Kier molecular flexibility index (Phi) is 3.85. The fraction of sp³-hybridized carbons (Fsp3) is 0.500. The lowest BCUT2D eigenvalue weighted by Crippen LogP contribution is -2.07. The predicted octanol–water partition coefficient (Wildman–Crippen LogP) is 2.42. The van der Waals surface area contributed by atoms with Crippen molar-refractivity contribution in [3.05, 3.63) is 24.6 Å². The Bertz CT molecular complexity index is 114. The molecule has 0 saturated heterocycles. The molecule has 9 heavy (non-hydrogen) atoms. The zero-order valence-corrected chi connectivity index (χ0v) is 6.33. The largest absolute Gasteiger partial charge is 0.364 e. The third-order valence-corrected chi connectivity index (χ3v) is 0.942. The molecule has 0 atom stereocenters. The molecule has 1 nitrogen and oxygen atoms in total. The van der Waals surface area contributed by atoms with Crippen LogP contribution in [0.4, 0.5) is 0 Å². The van der Waals surface area contributed by atoms with E-state index >= 15 is 0 Å². The molecule has 0 aromatic heterocycles. The van der Waals surface area contributed by atoms with E-state index in [9.17, 15) is 0 Å². The smallest absolute Gasteiger partial charge is 0.00752 e. The first-order chi connectivity index (χ1) is 4.16. The topological polar surface area (TPSA) is 12.0 Å². The van der Waals surface area contributed by atoms with Gasteiger partial charge in [0.1, 0.15) is 0 Å². The van der Waals surface area contributed by atoms with E-state index in [2.05, 4.69) is 25.4 Å². The zero-order chi connectivity index (χ0) is 7.28. The summed E-state index contributed by atoms with van der Waals surface area (Å²) in [5.41, 5.74) is 2.03. The van der Waals surface area contributed by atoms with Crippen LogP contribution in [0, 0.1) is 0 Å². The summed E-state index contributed by atoms with van der Waals surface area (Å²) in [6, 6.07) is 0. The van der Waals surface area contributed by atoms with E-state index in [0.717, 1.165) is 24.2 Å². The number of hydrogen-bond acceptors (Lipinski definition) is 1. The van der Waals surface area contributed by atoms with E-state index in [1.54, 1.807) is 0 Å². The standard InChI is InChI=1S/C8H15N/c1-5-6-8(4)9-7(2)3/h9H,2,4-6H2,1,3H3. The molecule has 0 aromatic carbocycles. The summed E-state index contributed by atoms with van der Waals surface area (Å²) in [5, 5.41) is 3.05. The van der Waals surface area contributed by atoms with Crippen molar-refractivity contribution >= 4 is 0 Å². The molecule has 0 spiro atoms. The minimum Gasteiger partial charge on any atom is -0.364 e. The Hall–Kier alpha value is -0.720. The monoisotopic (exact) mass is 125 g/mol. The molecular weight excluding hydrogens is 110 g/mol. The fourth-order valence-electron chi connectivity index (χ4n) is 0.666. The molecule has 0 aliphatic carbocycles. The van der Waals surface area contributed by atoms with E-state index in [1.807, 2.05) is 6.92 Å². The van der Waals surface area contributed by atoms with Gasteiger partial charge in [0.05, 0.1) is 0 Å². The van der Waals surface area contributed by atoms with E-state index in [-0.39, 0.29) is 0 Å². The molecule has 0 aliphatic rings. The van der Waals surface area contributed by atoms with Crippen molar-refractivity contribution in [2.24, 2.45) is 0 Å². The Balaban J connectivity index is 3.39. The van der Waals surface area contributed by atoms with Gasteiger partial charge in [0, 0.05) is 11.4 Å². The highest BCUT2D eigenvalue weighted by atomic mass is 14.9. The van der Waals surface area contributed by atoms with Crippen LogP contribution in [0.1, 0.15) is 26.7 Å². The zero-order valence-electron chi connectivity index (χ0n) is 6.33. The molecule has 0 rings (SSSR count). The van der Waals surface area contributed by atoms with Crippen LogP contribution in [0.2, 0.25) is 0 Å². The SMILES string of the molecule is C=C(C)NC(=C)CCC. The molecule has 0 fully saturated rings. The maximum atomic E-state index is 3.81. The van der Waals surface area contributed by atoms with Gasteiger partial charge in [-0.1, -0.05) is 26.5 Å². The van der Waals surface area contributed by atoms with Crippen LogP contribution in [-0.4, -0.2) is 0 Å². The van der Waals surface area contributed by atoms with Crippen molar-refractivity contribution < 1.29 is 0 Å². The van der Waals surface area contributed by atoms with Gasteiger partial charge in [0.15, 0.2) is 0 Å². The molecule has 0 heterocycles. The maximum absolute atomic E-state index is 3.81. The highest BCUT2D eigenvalue weighted by Gasteiger charge is 1.88. The normalized spacial score (nSPS) is 8.67. The highest BCUT2D eigenvalue weighted by Crippen LogP contribution is 1.98. The summed E-state index contributed by atoms with van der Waals surface area (Å²) in [5.74, 6) is 0. The van der Waals surface area contributed by atoms with Crippen molar-refractivity contribution in [3.8, 4) is 0 Å². The van der Waals surface area contributed by atoms with Gasteiger partial charge in [-0.3, -0.25) is 0 Å². The Morgan fingerprint density at radius 3 is 2.33 bits per heavy atom. The summed E-state index contributed by atoms with van der Waals surface area (Å²) >= 11 is 0.